The first-order chi connectivity index (χ1) is 6.49. The Bertz CT molecular complexity index is 166. The van der Waals surface area contributed by atoms with Crippen LogP contribution in [0, 0.1) is 0 Å². The second-order valence-electron chi connectivity index (χ2n) is 3.83. The number of hydrogen-bond donors (Lipinski definition) is 2. The SMILES string of the molecule is CC(O)NCCN1CCC(F)(F)CC1. The summed E-state index contributed by atoms with van der Waals surface area (Å²) in [5.74, 6) is -2.46. The van der Waals surface area contributed by atoms with Gasteiger partial charge in [-0.1, -0.05) is 0 Å². The van der Waals surface area contributed by atoms with Crippen molar-refractivity contribution in [3.63, 3.8) is 0 Å². The monoisotopic (exact) mass is 208 g/mol. The van der Waals surface area contributed by atoms with Gasteiger partial charge in [-0.15, -0.1) is 0 Å². The Labute approximate surface area is 83.1 Å². The maximum absolute atomic E-state index is 12.7. The van der Waals surface area contributed by atoms with Gasteiger partial charge in [-0.05, 0) is 6.92 Å². The fourth-order valence-electron chi connectivity index (χ4n) is 1.54. The first-order valence-corrected chi connectivity index (χ1v) is 5.01. The van der Waals surface area contributed by atoms with E-state index < -0.39 is 12.2 Å². The van der Waals surface area contributed by atoms with Crippen molar-refractivity contribution in [3.8, 4) is 0 Å². The molecule has 1 fully saturated rings. The summed E-state index contributed by atoms with van der Waals surface area (Å²) in [6.07, 6.45) is -0.607. The van der Waals surface area contributed by atoms with Gasteiger partial charge in [0.05, 0.1) is 0 Å². The van der Waals surface area contributed by atoms with Crippen molar-refractivity contribution in [1.82, 2.24) is 10.2 Å². The highest BCUT2D eigenvalue weighted by Gasteiger charge is 2.33. The van der Waals surface area contributed by atoms with Crippen LogP contribution in [0.2, 0.25) is 0 Å². The van der Waals surface area contributed by atoms with Crippen LogP contribution in [-0.4, -0.2) is 48.3 Å². The fourth-order valence-corrected chi connectivity index (χ4v) is 1.54. The second-order valence-corrected chi connectivity index (χ2v) is 3.83. The summed E-state index contributed by atoms with van der Waals surface area (Å²) in [5, 5.41) is 11.8. The molecule has 14 heavy (non-hydrogen) atoms. The summed E-state index contributed by atoms with van der Waals surface area (Å²) >= 11 is 0. The number of likely N-dealkylation sites (tertiary alicyclic amines) is 1. The molecule has 0 saturated carbocycles. The van der Waals surface area contributed by atoms with Crippen molar-refractivity contribution < 1.29 is 13.9 Å². The van der Waals surface area contributed by atoms with Crippen molar-refractivity contribution in [3.05, 3.63) is 0 Å². The standard InChI is InChI=1S/C9H18F2N2O/c1-8(14)12-4-7-13-5-2-9(10,11)3-6-13/h8,12,14H,2-7H2,1H3. The van der Waals surface area contributed by atoms with Crippen molar-refractivity contribution >= 4 is 0 Å². The largest absolute Gasteiger partial charge is 0.379 e. The number of halogens is 2. The van der Waals surface area contributed by atoms with Gasteiger partial charge >= 0.3 is 0 Å². The average molecular weight is 208 g/mol. The zero-order valence-electron chi connectivity index (χ0n) is 8.47. The Morgan fingerprint density at radius 3 is 2.50 bits per heavy atom. The lowest BCUT2D eigenvalue weighted by Crippen LogP contribution is -2.43. The maximum atomic E-state index is 12.7. The van der Waals surface area contributed by atoms with E-state index in [2.05, 4.69) is 5.32 Å². The zero-order valence-corrected chi connectivity index (χ0v) is 8.47. The Kier molecular flexibility index (Phi) is 4.22. The molecule has 1 aliphatic heterocycles. The molecule has 1 unspecified atom stereocenters. The number of nitrogens with one attached hydrogen (secondary N) is 1. The highest BCUT2D eigenvalue weighted by molar-refractivity contribution is 4.77. The van der Waals surface area contributed by atoms with Gasteiger partial charge in [-0.25, -0.2) is 8.78 Å². The van der Waals surface area contributed by atoms with Crippen LogP contribution in [0.25, 0.3) is 0 Å². The van der Waals surface area contributed by atoms with Gasteiger partial charge < -0.3 is 10.0 Å². The highest BCUT2D eigenvalue weighted by atomic mass is 19.3. The molecule has 1 saturated heterocycles. The number of aliphatic hydroxyl groups excluding tert-OH is 1. The summed E-state index contributed by atoms with van der Waals surface area (Å²) < 4.78 is 25.5. The number of piperidine rings is 1. The summed E-state index contributed by atoms with van der Waals surface area (Å²) in [6, 6.07) is 0. The topological polar surface area (TPSA) is 35.5 Å². The number of hydrogen-bond acceptors (Lipinski definition) is 3. The van der Waals surface area contributed by atoms with E-state index in [9.17, 15) is 8.78 Å². The number of alkyl halides is 2. The first kappa shape index (κ1) is 11.8. The molecular formula is C9H18F2N2O. The molecule has 1 rings (SSSR count). The Morgan fingerprint density at radius 2 is 2.00 bits per heavy atom. The maximum Gasteiger partial charge on any atom is 0.250 e. The van der Waals surface area contributed by atoms with E-state index in [1.54, 1.807) is 6.92 Å². The van der Waals surface area contributed by atoms with Gasteiger partial charge in [0.15, 0.2) is 0 Å². The van der Waals surface area contributed by atoms with Crippen LogP contribution in [0.4, 0.5) is 8.78 Å². The van der Waals surface area contributed by atoms with Crippen LogP contribution in [0.1, 0.15) is 19.8 Å². The fraction of sp³-hybridized carbons (Fsp3) is 1.00. The third-order valence-electron chi connectivity index (χ3n) is 2.46. The summed E-state index contributed by atoms with van der Waals surface area (Å²) in [4.78, 5) is 1.99. The molecule has 0 aliphatic carbocycles. The Morgan fingerprint density at radius 1 is 1.43 bits per heavy atom. The minimum Gasteiger partial charge on any atom is -0.379 e. The lowest BCUT2D eigenvalue weighted by Gasteiger charge is -2.31. The van der Waals surface area contributed by atoms with Crippen LogP contribution in [-0.2, 0) is 0 Å². The zero-order chi connectivity index (χ0) is 10.6. The third-order valence-corrected chi connectivity index (χ3v) is 2.46. The molecule has 84 valence electrons. The number of nitrogens with zero attached hydrogens (tertiary/aromatic N) is 1. The van der Waals surface area contributed by atoms with E-state index in [1.807, 2.05) is 4.90 Å². The molecule has 0 aromatic rings. The molecule has 0 aromatic carbocycles. The van der Waals surface area contributed by atoms with E-state index in [0.29, 0.717) is 19.6 Å². The van der Waals surface area contributed by atoms with E-state index >= 15 is 0 Å². The molecule has 5 heteroatoms. The van der Waals surface area contributed by atoms with Crippen LogP contribution in [0.3, 0.4) is 0 Å². The van der Waals surface area contributed by atoms with Gasteiger partial charge in [0, 0.05) is 39.0 Å². The van der Waals surface area contributed by atoms with Crippen molar-refractivity contribution in [1.29, 1.82) is 0 Å². The van der Waals surface area contributed by atoms with Gasteiger partial charge in [0.1, 0.15) is 6.23 Å². The lowest BCUT2D eigenvalue weighted by atomic mass is 10.1. The first-order valence-electron chi connectivity index (χ1n) is 5.01. The minimum absolute atomic E-state index is 0.0400. The van der Waals surface area contributed by atoms with Gasteiger partial charge in [-0.2, -0.15) is 0 Å². The molecule has 1 aliphatic rings. The molecule has 3 nitrogen and oxygen atoms in total. The third kappa shape index (κ3) is 4.30. The normalized spacial score (nSPS) is 24.9. The molecular weight excluding hydrogens is 190 g/mol. The van der Waals surface area contributed by atoms with Crippen LogP contribution in [0.15, 0.2) is 0 Å². The Balaban J connectivity index is 2.10. The molecule has 0 radical (unpaired) electrons. The molecule has 0 spiro atoms. The Hall–Kier alpha value is -0.260. The van der Waals surface area contributed by atoms with Crippen LogP contribution >= 0.6 is 0 Å². The smallest absolute Gasteiger partial charge is 0.250 e. The lowest BCUT2D eigenvalue weighted by molar-refractivity contribution is -0.0551. The van der Waals surface area contributed by atoms with Gasteiger partial charge in [0.2, 0.25) is 0 Å². The minimum atomic E-state index is -2.46. The van der Waals surface area contributed by atoms with E-state index in [4.69, 9.17) is 5.11 Å². The highest BCUT2D eigenvalue weighted by Crippen LogP contribution is 2.27. The molecule has 0 bridgehead atoms. The van der Waals surface area contributed by atoms with Gasteiger partial charge in [-0.3, -0.25) is 5.32 Å². The molecule has 0 amide bonds. The molecule has 0 aromatic heterocycles. The average Bonchev–Trinajstić information content (AvgIpc) is 2.07. The van der Waals surface area contributed by atoms with E-state index in [1.165, 1.54) is 0 Å². The van der Waals surface area contributed by atoms with Crippen LogP contribution < -0.4 is 5.32 Å². The summed E-state index contributed by atoms with van der Waals surface area (Å²) in [6.45, 7) is 3.91. The van der Waals surface area contributed by atoms with Crippen LogP contribution in [0.5, 0.6) is 0 Å². The molecule has 1 atom stereocenters. The molecule has 2 N–H and O–H groups in total. The van der Waals surface area contributed by atoms with E-state index in [-0.39, 0.29) is 12.8 Å². The summed E-state index contributed by atoms with van der Waals surface area (Å²) in [7, 11) is 0. The summed E-state index contributed by atoms with van der Waals surface area (Å²) in [5.41, 5.74) is 0. The van der Waals surface area contributed by atoms with Crippen molar-refractivity contribution in [2.75, 3.05) is 26.2 Å². The predicted octanol–water partition coefficient (Wildman–Crippen LogP) is 0.645. The number of aliphatic hydroxyl groups is 1. The predicted molar refractivity (Wildman–Crippen MR) is 50.3 cm³/mol. The van der Waals surface area contributed by atoms with E-state index in [0.717, 1.165) is 6.54 Å². The van der Waals surface area contributed by atoms with Crippen molar-refractivity contribution in [2.45, 2.75) is 31.9 Å². The number of rotatable bonds is 4. The van der Waals surface area contributed by atoms with Gasteiger partial charge in [0.25, 0.3) is 5.92 Å². The quantitative estimate of drug-likeness (QED) is 0.666. The second kappa shape index (κ2) is 5.00. The van der Waals surface area contributed by atoms with Crippen molar-refractivity contribution in [2.24, 2.45) is 0 Å². The molecule has 1 heterocycles.